The summed E-state index contributed by atoms with van der Waals surface area (Å²) in [7, 11) is 2.65. The zero-order valence-corrected chi connectivity index (χ0v) is 35.6. The van der Waals surface area contributed by atoms with Crippen molar-refractivity contribution in [2.75, 3.05) is 27.3 Å². The number of H-pyrrole nitrogens is 2. The van der Waals surface area contributed by atoms with Crippen molar-refractivity contribution >= 4 is 45.9 Å². The molecule has 4 heterocycles. The second kappa shape index (κ2) is 16.9. The van der Waals surface area contributed by atoms with Gasteiger partial charge in [0, 0.05) is 13.1 Å². The Bertz CT molecular complexity index is 2380. The number of benzene rings is 3. The number of carbonyl (C=O) groups excluding carboxylic acids is 4. The molecule has 2 saturated heterocycles. The number of hydrogen-bond acceptors (Lipinski definition) is 8. The maximum absolute atomic E-state index is 13.9. The number of aromatic amines is 2. The molecule has 2 aliphatic rings. The first kappa shape index (κ1) is 41.4. The van der Waals surface area contributed by atoms with E-state index in [0.29, 0.717) is 19.0 Å². The van der Waals surface area contributed by atoms with Crippen molar-refractivity contribution in [3.05, 3.63) is 71.8 Å². The molecule has 2 aromatic heterocycles. The predicted octanol–water partition coefficient (Wildman–Crippen LogP) is 8.12. The van der Waals surface area contributed by atoms with E-state index in [1.54, 1.807) is 0 Å². The number of esters is 1. The lowest BCUT2D eigenvalue weighted by atomic mass is 9.91. The maximum Gasteiger partial charge on any atom is 0.407 e. The Labute approximate surface area is 345 Å². The van der Waals surface area contributed by atoms with Crippen molar-refractivity contribution < 1.29 is 28.7 Å². The van der Waals surface area contributed by atoms with E-state index in [2.05, 4.69) is 78.5 Å². The Morgan fingerprint density at radius 1 is 0.729 bits per heavy atom. The van der Waals surface area contributed by atoms with Crippen LogP contribution in [0.1, 0.15) is 90.1 Å². The first-order chi connectivity index (χ1) is 28.1. The van der Waals surface area contributed by atoms with Crippen LogP contribution in [0.4, 0.5) is 4.79 Å². The summed E-state index contributed by atoms with van der Waals surface area (Å²) in [5, 5.41) is 2.73. The number of nitrogens with zero attached hydrogens (tertiary/aromatic N) is 4. The molecule has 3 N–H and O–H groups in total. The molecule has 0 saturated carbocycles. The number of methoxy groups -OCH3 is 2. The minimum atomic E-state index is -0.705. The van der Waals surface area contributed by atoms with Crippen molar-refractivity contribution in [2.45, 2.75) is 85.9 Å². The highest BCUT2D eigenvalue weighted by Crippen LogP contribution is 2.39. The van der Waals surface area contributed by atoms with E-state index < -0.39 is 18.1 Å². The molecule has 6 atom stereocenters. The van der Waals surface area contributed by atoms with E-state index in [-0.39, 0.29) is 54.0 Å². The molecule has 312 valence electrons. The molecule has 0 radical (unpaired) electrons. The van der Waals surface area contributed by atoms with Gasteiger partial charge in [-0.05, 0) is 95.5 Å². The summed E-state index contributed by atoms with van der Waals surface area (Å²) in [4.78, 5) is 72.7. The van der Waals surface area contributed by atoms with Crippen LogP contribution in [0.25, 0.3) is 44.3 Å². The topological polar surface area (TPSA) is 163 Å². The molecule has 59 heavy (non-hydrogen) atoms. The smallest absolute Gasteiger partial charge is 0.407 e. The van der Waals surface area contributed by atoms with Gasteiger partial charge in [-0.1, -0.05) is 71.9 Å². The van der Waals surface area contributed by atoms with Crippen LogP contribution >= 0.6 is 0 Å². The Hall–Kier alpha value is -5.72. The predicted molar refractivity (Wildman–Crippen MR) is 227 cm³/mol. The third kappa shape index (κ3) is 8.42. The third-order valence-corrected chi connectivity index (χ3v) is 12.2. The van der Waals surface area contributed by atoms with E-state index in [9.17, 15) is 19.2 Å². The normalized spacial score (nSPS) is 20.5. The number of alkyl carbamates (subject to hydrolysis) is 1. The van der Waals surface area contributed by atoms with Crippen LogP contribution < -0.4 is 5.32 Å². The molecule has 0 aliphatic carbocycles. The summed E-state index contributed by atoms with van der Waals surface area (Å²) in [5.41, 5.74) is 8.85. The summed E-state index contributed by atoms with van der Waals surface area (Å²) in [6.45, 7) is 15.4. The minimum Gasteiger partial charge on any atom is -0.469 e. The zero-order valence-electron chi connectivity index (χ0n) is 35.6. The largest absolute Gasteiger partial charge is 0.469 e. The summed E-state index contributed by atoms with van der Waals surface area (Å²) < 4.78 is 9.72. The molecular formula is C46H57N7O6. The molecule has 0 unspecified atom stereocenters. The number of ether oxygens (including phenoxy) is 2. The van der Waals surface area contributed by atoms with Crippen molar-refractivity contribution in [1.82, 2.24) is 35.1 Å². The number of fused-ring (bicyclic) bond motifs is 2. The van der Waals surface area contributed by atoms with Crippen LogP contribution in [-0.2, 0) is 23.9 Å². The third-order valence-electron chi connectivity index (χ3n) is 12.2. The number of carbonyl (C=O) groups is 4. The number of hydrogen-bond donors (Lipinski definition) is 3. The van der Waals surface area contributed by atoms with Gasteiger partial charge in [0.2, 0.25) is 11.8 Å². The molecule has 2 aliphatic heterocycles. The highest BCUT2D eigenvalue weighted by atomic mass is 16.5. The van der Waals surface area contributed by atoms with Crippen LogP contribution in [0.5, 0.6) is 0 Å². The number of imidazole rings is 2. The van der Waals surface area contributed by atoms with Gasteiger partial charge < -0.3 is 34.6 Å². The van der Waals surface area contributed by atoms with Gasteiger partial charge in [-0.3, -0.25) is 14.4 Å². The molecular weight excluding hydrogens is 747 g/mol. The average molecular weight is 804 g/mol. The van der Waals surface area contributed by atoms with Crippen LogP contribution in [0.15, 0.2) is 54.6 Å². The number of nitrogens with one attached hydrogen (secondary N) is 3. The summed E-state index contributed by atoms with van der Waals surface area (Å²) in [5.74, 6) is 0.942. The lowest BCUT2D eigenvalue weighted by Gasteiger charge is -2.30. The Morgan fingerprint density at radius 3 is 1.78 bits per heavy atom. The molecule has 3 amide bonds. The number of aryl methyl sites for hydroxylation is 1. The minimum absolute atomic E-state index is 0.00838. The molecule has 5 aromatic rings. The van der Waals surface area contributed by atoms with Crippen LogP contribution in [-0.4, -0.2) is 87.0 Å². The second-order valence-electron chi connectivity index (χ2n) is 17.4. The number of aromatic nitrogens is 4. The maximum atomic E-state index is 13.9. The Morgan fingerprint density at radius 2 is 1.25 bits per heavy atom. The monoisotopic (exact) mass is 803 g/mol. The fraction of sp³-hybridized carbons (Fsp3) is 0.478. The van der Waals surface area contributed by atoms with Gasteiger partial charge in [-0.15, -0.1) is 0 Å². The fourth-order valence-corrected chi connectivity index (χ4v) is 8.95. The molecule has 3 aromatic carbocycles. The lowest BCUT2D eigenvalue weighted by Crippen LogP contribution is -2.51. The van der Waals surface area contributed by atoms with E-state index in [1.807, 2.05) is 49.6 Å². The molecule has 13 heteroatoms. The van der Waals surface area contributed by atoms with E-state index in [1.165, 1.54) is 14.2 Å². The van der Waals surface area contributed by atoms with Crippen molar-refractivity contribution in [1.29, 1.82) is 0 Å². The molecule has 2 fully saturated rings. The van der Waals surface area contributed by atoms with Crippen molar-refractivity contribution in [2.24, 2.45) is 29.6 Å². The second-order valence-corrected chi connectivity index (χ2v) is 17.4. The molecule has 7 rings (SSSR count). The van der Waals surface area contributed by atoms with Gasteiger partial charge in [0.1, 0.15) is 17.7 Å². The van der Waals surface area contributed by atoms with Gasteiger partial charge in [-0.2, -0.15) is 0 Å². The quantitative estimate of drug-likeness (QED) is 0.113. The highest BCUT2D eigenvalue weighted by Gasteiger charge is 2.41. The first-order valence-corrected chi connectivity index (χ1v) is 20.8. The van der Waals surface area contributed by atoms with E-state index in [0.717, 1.165) is 74.4 Å². The summed E-state index contributed by atoms with van der Waals surface area (Å²) in [6, 6.07) is 17.8. The van der Waals surface area contributed by atoms with Gasteiger partial charge in [0.15, 0.2) is 0 Å². The Kier molecular flexibility index (Phi) is 11.8. The first-order valence-electron chi connectivity index (χ1n) is 20.8. The number of amides is 3. The summed E-state index contributed by atoms with van der Waals surface area (Å²) >= 11 is 0. The molecule has 0 bridgehead atoms. The Balaban J connectivity index is 1.10. The van der Waals surface area contributed by atoms with Gasteiger partial charge in [0.25, 0.3) is 0 Å². The number of rotatable bonds is 11. The highest BCUT2D eigenvalue weighted by molar-refractivity contribution is 5.88. The lowest BCUT2D eigenvalue weighted by molar-refractivity contribution is -0.148. The van der Waals surface area contributed by atoms with Crippen LogP contribution in [0.3, 0.4) is 0 Å². The van der Waals surface area contributed by atoms with Crippen molar-refractivity contribution in [3.63, 3.8) is 0 Å². The van der Waals surface area contributed by atoms with Crippen molar-refractivity contribution in [3.8, 4) is 22.3 Å². The van der Waals surface area contributed by atoms with Crippen LogP contribution in [0, 0.1) is 36.5 Å². The van der Waals surface area contributed by atoms with Gasteiger partial charge >= 0.3 is 12.1 Å². The zero-order chi connectivity index (χ0) is 42.3. The van der Waals surface area contributed by atoms with Gasteiger partial charge in [-0.25, -0.2) is 14.8 Å². The van der Waals surface area contributed by atoms with E-state index in [4.69, 9.17) is 19.4 Å². The molecule has 0 spiro atoms. The SMILES string of the molecule is COC(=O)C[C@H](C(=O)N1C[C@@H](C)C[C@H]1c1nc2ccc(-c3ccc(-c4ccc5nc([C@@H]6C[C@H](C)CN6C(=O)[C@@H](NC(=O)OC)C(C)C)[nH]c5c4)c(C)c3)cc2[nH]1)C(C)C. The van der Waals surface area contributed by atoms with E-state index >= 15 is 0 Å². The average Bonchev–Trinajstić information content (AvgIpc) is 4.01. The summed E-state index contributed by atoms with van der Waals surface area (Å²) in [6.07, 6.45) is 0.996. The molecule has 13 nitrogen and oxygen atoms in total. The fourth-order valence-electron chi connectivity index (χ4n) is 8.95. The standard InChI is InChI=1S/C46H57N7O6/c1-24(2)33(21-40(54)58-8)44(55)52-22-26(5)16-38(52)42-47-34-14-11-30(19-36(34)49-42)29-10-13-32(28(7)18-29)31-12-15-35-37(20-31)50-43(48-35)39-17-27(6)23-53(39)45(56)41(25(3)4)51-46(57)59-9/h10-15,18-20,24-27,33,38-39,41H,16-17,21-23H2,1-9H3,(H,47,49)(H,48,50)(H,51,57)/t26-,27-,33-,38-,39-,41-/m0/s1. The van der Waals surface area contributed by atoms with Gasteiger partial charge in [0.05, 0.1) is 60.7 Å². The number of likely N-dealkylation sites (tertiary alicyclic amines) is 2. The van der Waals surface area contributed by atoms with Crippen LogP contribution in [0.2, 0.25) is 0 Å².